The second kappa shape index (κ2) is 5.86. The summed E-state index contributed by atoms with van der Waals surface area (Å²) in [5.41, 5.74) is 2.60. The lowest BCUT2D eigenvalue weighted by molar-refractivity contribution is -0.116. The first-order valence-corrected chi connectivity index (χ1v) is 8.93. The molecule has 1 amide bonds. The van der Waals surface area contributed by atoms with E-state index < -0.39 is 10.0 Å². The molecule has 2 aromatic rings. The van der Waals surface area contributed by atoms with Crippen molar-refractivity contribution >= 4 is 38.9 Å². The van der Waals surface area contributed by atoms with Crippen LogP contribution < -0.4 is 10.0 Å². The summed E-state index contributed by atoms with van der Waals surface area (Å²) >= 11 is 6.02. The van der Waals surface area contributed by atoms with Gasteiger partial charge in [0.05, 0.1) is 10.6 Å². The maximum Gasteiger partial charge on any atom is 0.261 e. The van der Waals surface area contributed by atoms with Gasteiger partial charge in [0, 0.05) is 17.1 Å². The fraction of sp³-hybridized carbons (Fsp3) is 0.188. The zero-order chi connectivity index (χ0) is 16.6. The number of carbonyl (C=O) groups excluding carboxylic acids is 1. The molecule has 0 saturated heterocycles. The van der Waals surface area contributed by atoms with Crippen LogP contribution in [-0.4, -0.2) is 14.3 Å². The summed E-state index contributed by atoms with van der Waals surface area (Å²) in [5.74, 6) is -0.0548. The van der Waals surface area contributed by atoms with Gasteiger partial charge in [-0.05, 0) is 54.8 Å². The summed E-state index contributed by atoms with van der Waals surface area (Å²) in [4.78, 5) is 11.5. The Morgan fingerprint density at radius 3 is 2.74 bits per heavy atom. The predicted octanol–water partition coefficient (Wildman–Crippen LogP) is 3.33. The third kappa shape index (κ3) is 3.18. The Labute approximate surface area is 139 Å². The zero-order valence-electron chi connectivity index (χ0n) is 12.4. The van der Waals surface area contributed by atoms with E-state index in [0.717, 1.165) is 5.56 Å². The standard InChI is InChI=1S/C16H15ClN2O3S/c1-10-13(17)3-2-4-14(10)19-23(21,22)12-6-7-15-11(9-12)5-8-16(20)18-15/h2-4,6-7,9,19H,5,8H2,1H3,(H,18,20). The van der Waals surface area contributed by atoms with Crippen molar-refractivity contribution < 1.29 is 13.2 Å². The van der Waals surface area contributed by atoms with Crippen LogP contribution in [0.4, 0.5) is 11.4 Å². The number of hydrogen-bond donors (Lipinski definition) is 2. The molecule has 0 aromatic heterocycles. The number of anilines is 2. The van der Waals surface area contributed by atoms with E-state index in [2.05, 4.69) is 10.0 Å². The minimum absolute atomic E-state index is 0.0548. The van der Waals surface area contributed by atoms with E-state index >= 15 is 0 Å². The first kappa shape index (κ1) is 15.8. The largest absolute Gasteiger partial charge is 0.326 e. The van der Waals surface area contributed by atoms with Gasteiger partial charge in [0.25, 0.3) is 10.0 Å². The average Bonchev–Trinajstić information content (AvgIpc) is 2.51. The maximum absolute atomic E-state index is 12.6. The van der Waals surface area contributed by atoms with E-state index in [1.54, 1.807) is 37.3 Å². The Morgan fingerprint density at radius 2 is 1.96 bits per heavy atom. The number of rotatable bonds is 3. The van der Waals surface area contributed by atoms with Gasteiger partial charge < -0.3 is 5.32 Å². The van der Waals surface area contributed by atoms with Gasteiger partial charge in [0.2, 0.25) is 5.91 Å². The lowest BCUT2D eigenvalue weighted by atomic mass is 10.0. The van der Waals surface area contributed by atoms with Crippen LogP contribution in [0.3, 0.4) is 0 Å². The van der Waals surface area contributed by atoms with Gasteiger partial charge in [0.15, 0.2) is 0 Å². The molecule has 120 valence electrons. The highest BCUT2D eigenvalue weighted by atomic mass is 35.5. The van der Waals surface area contributed by atoms with Gasteiger partial charge in [-0.25, -0.2) is 8.42 Å². The van der Waals surface area contributed by atoms with Crippen LogP contribution in [-0.2, 0) is 21.2 Å². The van der Waals surface area contributed by atoms with E-state index in [9.17, 15) is 13.2 Å². The second-order valence-electron chi connectivity index (χ2n) is 5.39. The van der Waals surface area contributed by atoms with Crippen molar-refractivity contribution in [1.29, 1.82) is 0 Å². The van der Waals surface area contributed by atoms with Crippen molar-refractivity contribution in [3.8, 4) is 0 Å². The van der Waals surface area contributed by atoms with E-state index in [1.807, 2.05) is 0 Å². The Bertz CT molecular complexity index is 894. The topological polar surface area (TPSA) is 75.3 Å². The normalized spacial score (nSPS) is 14.1. The Balaban J connectivity index is 1.94. The molecule has 0 saturated carbocycles. The summed E-state index contributed by atoms with van der Waals surface area (Å²) in [6.07, 6.45) is 0.887. The third-order valence-electron chi connectivity index (χ3n) is 3.79. The minimum Gasteiger partial charge on any atom is -0.326 e. The van der Waals surface area contributed by atoms with Crippen LogP contribution in [0.15, 0.2) is 41.3 Å². The summed E-state index contributed by atoms with van der Waals surface area (Å²) in [6.45, 7) is 1.75. The SMILES string of the molecule is Cc1c(Cl)cccc1NS(=O)(=O)c1ccc2c(c1)CCC(=O)N2. The summed E-state index contributed by atoms with van der Waals surface area (Å²) in [7, 11) is -3.72. The first-order chi connectivity index (χ1) is 10.9. The van der Waals surface area contributed by atoms with Crippen LogP contribution in [0, 0.1) is 6.92 Å². The van der Waals surface area contributed by atoms with Gasteiger partial charge in [-0.3, -0.25) is 9.52 Å². The van der Waals surface area contributed by atoms with Crippen molar-refractivity contribution in [3.05, 3.63) is 52.5 Å². The molecule has 0 radical (unpaired) electrons. The number of sulfonamides is 1. The summed E-state index contributed by atoms with van der Waals surface area (Å²) in [6, 6.07) is 9.75. The predicted molar refractivity (Wildman–Crippen MR) is 90.4 cm³/mol. The number of halogens is 1. The lowest BCUT2D eigenvalue weighted by Gasteiger charge is -2.18. The van der Waals surface area contributed by atoms with Gasteiger partial charge in [0.1, 0.15) is 0 Å². The van der Waals surface area contributed by atoms with E-state index in [1.165, 1.54) is 6.07 Å². The van der Waals surface area contributed by atoms with Crippen molar-refractivity contribution in [3.63, 3.8) is 0 Å². The Morgan fingerprint density at radius 1 is 1.17 bits per heavy atom. The van der Waals surface area contributed by atoms with Crippen LogP contribution >= 0.6 is 11.6 Å². The average molecular weight is 351 g/mol. The minimum atomic E-state index is -3.72. The van der Waals surface area contributed by atoms with Gasteiger partial charge in [-0.2, -0.15) is 0 Å². The fourth-order valence-electron chi connectivity index (χ4n) is 2.45. The smallest absolute Gasteiger partial charge is 0.261 e. The van der Waals surface area contributed by atoms with Crippen LogP contribution in [0.5, 0.6) is 0 Å². The molecule has 5 nitrogen and oxygen atoms in total. The number of amides is 1. The molecule has 0 bridgehead atoms. The lowest BCUT2D eigenvalue weighted by Crippen LogP contribution is -2.20. The molecule has 1 aliphatic heterocycles. The third-order valence-corrected chi connectivity index (χ3v) is 5.57. The zero-order valence-corrected chi connectivity index (χ0v) is 14.0. The van der Waals surface area contributed by atoms with Crippen LogP contribution in [0.2, 0.25) is 5.02 Å². The number of nitrogens with one attached hydrogen (secondary N) is 2. The molecule has 0 aliphatic carbocycles. The second-order valence-corrected chi connectivity index (χ2v) is 7.47. The van der Waals surface area contributed by atoms with E-state index in [-0.39, 0.29) is 10.8 Å². The number of hydrogen-bond acceptors (Lipinski definition) is 3. The molecule has 3 rings (SSSR count). The molecule has 1 heterocycles. The molecule has 0 unspecified atom stereocenters. The number of carbonyl (C=O) groups is 1. The molecule has 0 spiro atoms. The maximum atomic E-state index is 12.6. The van der Waals surface area contributed by atoms with Crippen molar-refractivity contribution in [2.45, 2.75) is 24.7 Å². The van der Waals surface area contributed by atoms with Gasteiger partial charge >= 0.3 is 0 Å². The molecule has 2 N–H and O–H groups in total. The number of fused-ring (bicyclic) bond motifs is 1. The quantitative estimate of drug-likeness (QED) is 0.891. The summed E-state index contributed by atoms with van der Waals surface area (Å²) < 4.78 is 27.7. The number of aryl methyl sites for hydroxylation is 1. The van der Waals surface area contributed by atoms with Gasteiger partial charge in [-0.15, -0.1) is 0 Å². The first-order valence-electron chi connectivity index (χ1n) is 7.07. The molecular formula is C16H15ClN2O3S. The van der Waals surface area contributed by atoms with Crippen LogP contribution in [0.1, 0.15) is 17.5 Å². The molecule has 2 aromatic carbocycles. The fourth-order valence-corrected chi connectivity index (χ4v) is 3.80. The van der Waals surface area contributed by atoms with E-state index in [0.29, 0.717) is 34.8 Å². The molecular weight excluding hydrogens is 336 g/mol. The van der Waals surface area contributed by atoms with E-state index in [4.69, 9.17) is 11.6 Å². The molecule has 7 heteroatoms. The highest BCUT2D eigenvalue weighted by Crippen LogP contribution is 2.28. The van der Waals surface area contributed by atoms with Gasteiger partial charge in [-0.1, -0.05) is 17.7 Å². The highest BCUT2D eigenvalue weighted by Gasteiger charge is 2.20. The molecule has 0 fully saturated rings. The monoisotopic (exact) mass is 350 g/mol. The molecule has 23 heavy (non-hydrogen) atoms. The van der Waals surface area contributed by atoms with Crippen molar-refractivity contribution in [1.82, 2.24) is 0 Å². The summed E-state index contributed by atoms with van der Waals surface area (Å²) in [5, 5.41) is 3.23. The Hall–Kier alpha value is -2.05. The van der Waals surface area contributed by atoms with Crippen molar-refractivity contribution in [2.24, 2.45) is 0 Å². The highest BCUT2D eigenvalue weighted by molar-refractivity contribution is 7.92. The number of benzene rings is 2. The Kier molecular flexibility index (Phi) is 4.04. The van der Waals surface area contributed by atoms with Crippen molar-refractivity contribution in [2.75, 3.05) is 10.0 Å². The molecule has 1 aliphatic rings. The molecule has 0 atom stereocenters. The van der Waals surface area contributed by atoms with Crippen LogP contribution in [0.25, 0.3) is 0 Å².